The van der Waals surface area contributed by atoms with Gasteiger partial charge in [-0.1, -0.05) is 37.9 Å². The van der Waals surface area contributed by atoms with Crippen LogP contribution >= 0.6 is 11.8 Å². The molecule has 20 heavy (non-hydrogen) atoms. The number of thioether (sulfide) groups is 1. The summed E-state index contributed by atoms with van der Waals surface area (Å²) in [6.07, 6.45) is 10.1. The van der Waals surface area contributed by atoms with Gasteiger partial charge in [-0.2, -0.15) is 0 Å². The number of aromatic nitrogens is 4. The number of nitrogens with zero attached hydrogens (tertiary/aromatic N) is 4. The van der Waals surface area contributed by atoms with E-state index in [1.807, 2.05) is 24.5 Å². The zero-order valence-electron chi connectivity index (χ0n) is 11.8. The quantitative estimate of drug-likeness (QED) is 0.799. The first kappa shape index (κ1) is 13.6. The van der Waals surface area contributed by atoms with Crippen LogP contribution in [0.5, 0.6) is 0 Å². The average Bonchev–Trinajstić information content (AvgIpc) is 2.93. The van der Waals surface area contributed by atoms with Crippen molar-refractivity contribution in [1.82, 2.24) is 19.7 Å². The van der Waals surface area contributed by atoms with E-state index < -0.39 is 0 Å². The second kappa shape index (κ2) is 6.39. The molecule has 106 valence electrons. The largest absolute Gasteiger partial charge is 0.299 e. The average molecular weight is 288 g/mol. The molecule has 0 saturated heterocycles. The smallest absolute Gasteiger partial charge is 0.191 e. The maximum atomic E-state index is 4.44. The Morgan fingerprint density at radius 3 is 2.60 bits per heavy atom. The Kier molecular flexibility index (Phi) is 4.35. The fourth-order valence-electron chi connectivity index (χ4n) is 2.87. The molecule has 0 amide bonds. The Hall–Kier alpha value is -1.36. The Balaban J connectivity index is 2.01. The van der Waals surface area contributed by atoms with Gasteiger partial charge in [-0.25, -0.2) is 0 Å². The Morgan fingerprint density at radius 2 is 1.90 bits per heavy atom. The molecule has 5 heteroatoms. The monoisotopic (exact) mass is 288 g/mol. The molecule has 0 bridgehead atoms. The predicted molar refractivity (Wildman–Crippen MR) is 81.8 cm³/mol. The second-order valence-corrected chi connectivity index (χ2v) is 6.37. The molecule has 1 fully saturated rings. The van der Waals surface area contributed by atoms with Gasteiger partial charge < -0.3 is 0 Å². The lowest BCUT2D eigenvalue weighted by atomic mass is 9.95. The number of pyridine rings is 1. The minimum atomic E-state index is 0.552. The predicted octanol–water partition coefficient (Wildman–Crippen LogP) is 3.96. The maximum absolute atomic E-state index is 4.44. The van der Waals surface area contributed by atoms with Gasteiger partial charge in [-0.15, -0.1) is 10.2 Å². The van der Waals surface area contributed by atoms with E-state index in [1.54, 1.807) is 11.8 Å². The Bertz CT molecular complexity index is 546. The van der Waals surface area contributed by atoms with Crippen LogP contribution < -0.4 is 0 Å². The summed E-state index contributed by atoms with van der Waals surface area (Å²) in [6, 6.07) is 4.59. The fraction of sp³-hybridized carbons (Fsp3) is 0.533. The molecule has 0 aliphatic heterocycles. The van der Waals surface area contributed by atoms with E-state index in [1.165, 1.54) is 32.1 Å². The maximum Gasteiger partial charge on any atom is 0.191 e. The van der Waals surface area contributed by atoms with E-state index in [0.717, 1.165) is 22.3 Å². The van der Waals surface area contributed by atoms with Crippen molar-refractivity contribution in [2.45, 2.75) is 50.2 Å². The topological polar surface area (TPSA) is 43.6 Å². The van der Waals surface area contributed by atoms with Gasteiger partial charge in [0.1, 0.15) is 0 Å². The van der Waals surface area contributed by atoms with Crippen LogP contribution in [0.2, 0.25) is 0 Å². The van der Waals surface area contributed by atoms with Gasteiger partial charge in [0.2, 0.25) is 0 Å². The van der Waals surface area contributed by atoms with Gasteiger partial charge in [-0.05, 0) is 30.7 Å². The van der Waals surface area contributed by atoms with E-state index in [2.05, 4.69) is 26.7 Å². The summed E-state index contributed by atoms with van der Waals surface area (Å²) in [6.45, 7) is 2.16. The van der Waals surface area contributed by atoms with Crippen molar-refractivity contribution in [3.8, 4) is 11.4 Å². The summed E-state index contributed by atoms with van der Waals surface area (Å²) in [5, 5.41) is 9.92. The molecule has 0 N–H and O–H groups in total. The zero-order valence-corrected chi connectivity index (χ0v) is 12.6. The third-order valence-electron chi connectivity index (χ3n) is 3.82. The second-order valence-electron chi connectivity index (χ2n) is 5.14. The van der Waals surface area contributed by atoms with Crippen molar-refractivity contribution in [1.29, 1.82) is 0 Å². The standard InChI is InChI=1S/C15H20N4S/c1-2-20-15-18-17-14(12-8-10-16-11-9-12)19(15)13-6-4-3-5-7-13/h8-11,13H,2-7H2,1H3. The molecule has 4 nitrogen and oxygen atoms in total. The fourth-order valence-corrected chi connectivity index (χ4v) is 3.60. The highest BCUT2D eigenvalue weighted by Crippen LogP contribution is 2.35. The molecule has 3 rings (SSSR count). The highest BCUT2D eigenvalue weighted by atomic mass is 32.2. The molecule has 2 aromatic rings. The molecule has 0 spiro atoms. The lowest BCUT2D eigenvalue weighted by Crippen LogP contribution is -2.15. The van der Waals surface area contributed by atoms with Crippen LogP contribution in [0.25, 0.3) is 11.4 Å². The molecule has 2 heterocycles. The summed E-state index contributed by atoms with van der Waals surface area (Å²) in [5.41, 5.74) is 1.11. The third kappa shape index (κ3) is 2.73. The van der Waals surface area contributed by atoms with E-state index in [4.69, 9.17) is 0 Å². The van der Waals surface area contributed by atoms with Gasteiger partial charge in [0.15, 0.2) is 11.0 Å². The van der Waals surface area contributed by atoms with Crippen molar-refractivity contribution in [2.24, 2.45) is 0 Å². The number of hydrogen-bond acceptors (Lipinski definition) is 4. The normalized spacial score (nSPS) is 16.4. The molecule has 0 aromatic carbocycles. The molecular formula is C15H20N4S. The van der Waals surface area contributed by atoms with Crippen LogP contribution in [0, 0.1) is 0 Å². The summed E-state index contributed by atoms with van der Waals surface area (Å²) in [5.74, 6) is 2.02. The van der Waals surface area contributed by atoms with Gasteiger partial charge in [0.25, 0.3) is 0 Å². The van der Waals surface area contributed by atoms with Crippen LogP contribution in [0.15, 0.2) is 29.7 Å². The van der Waals surface area contributed by atoms with Crippen LogP contribution in [0.1, 0.15) is 45.1 Å². The lowest BCUT2D eigenvalue weighted by Gasteiger charge is -2.25. The molecule has 1 aliphatic carbocycles. The molecule has 1 saturated carbocycles. The SMILES string of the molecule is CCSc1nnc(-c2ccncc2)n1C1CCCCC1. The van der Waals surface area contributed by atoms with Crippen molar-refractivity contribution >= 4 is 11.8 Å². The van der Waals surface area contributed by atoms with E-state index in [9.17, 15) is 0 Å². The van der Waals surface area contributed by atoms with Gasteiger partial charge >= 0.3 is 0 Å². The Morgan fingerprint density at radius 1 is 1.15 bits per heavy atom. The lowest BCUT2D eigenvalue weighted by molar-refractivity contribution is 0.339. The molecule has 0 atom stereocenters. The van der Waals surface area contributed by atoms with Gasteiger partial charge in [-0.3, -0.25) is 9.55 Å². The Labute approximate surface area is 124 Å². The number of hydrogen-bond donors (Lipinski definition) is 0. The first-order valence-corrected chi connectivity index (χ1v) is 8.37. The van der Waals surface area contributed by atoms with E-state index in [-0.39, 0.29) is 0 Å². The third-order valence-corrected chi connectivity index (χ3v) is 4.64. The van der Waals surface area contributed by atoms with Crippen molar-refractivity contribution < 1.29 is 0 Å². The first-order valence-electron chi connectivity index (χ1n) is 7.38. The van der Waals surface area contributed by atoms with Crippen LogP contribution in [0.4, 0.5) is 0 Å². The zero-order chi connectivity index (χ0) is 13.8. The van der Waals surface area contributed by atoms with Crippen molar-refractivity contribution in [3.63, 3.8) is 0 Å². The molecule has 0 radical (unpaired) electrons. The first-order chi connectivity index (χ1) is 9.90. The van der Waals surface area contributed by atoms with Crippen LogP contribution in [-0.4, -0.2) is 25.5 Å². The molecular weight excluding hydrogens is 268 g/mol. The van der Waals surface area contributed by atoms with E-state index >= 15 is 0 Å². The molecule has 1 aliphatic rings. The van der Waals surface area contributed by atoms with Crippen molar-refractivity contribution in [3.05, 3.63) is 24.5 Å². The molecule has 0 unspecified atom stereocenters. The minimum absolute atomic E-state index is 0.552. The minimum Gasteiger partial charge on any atom is -0.299 e. The van der Waals surface area contributed by atoms with Crippen molar-refractivity contribution in [2.75, 3.05) is 5.75 Å². The number of rotatable bonds is 4. The summed E-state index contributed by atoms with van der Waals surface area (Å²) < 4.78 is 2.36. The van der Waals surface area contributed by atoms with Crippen LogP contribution in [0.3, 0.4) is 0 Å². The summed E-state index contributed by atoms with van der Waals surface area (Å²) in [4.78, 5) is 4.09. The summed E-state index contributed by atoms with van der Waals surface area (Å²) >= 11 is 1.78. The molecule has 2 aromatic heterocycles. The van der Waals surface area contributed by atoms with E-state index in [0.29, 0.717) is 6.04 Å². The van der Waals surface area contributed by atoms with Gasteiger partial charge in [0, 0.05) is 24.0 Å². The highest BCUT2D eigenvalue weighted by molar-refractivity contribution is 7.99. The summed E-state index contributed by atoms with van der Waals surface area (Å²) in [7, 11) is 0. The van der Waals surface area contributed by atoms with Gasteiger partial charge in [0.05, 0.1) is 0 Å². The highest BCUT2D eigenvalue weighted by Gasteiger charge is 2.23. The van der Waals surface area contributed by atoms with Crippen LogP contribution in [-0.2, 0) is 0 Å².